The summed E-state index contributed by atoms with van der Waals surface area (Å²) >= 11 is 0. The lowest BCUT2D eigenvalue weighted by Crippen LogP contribution is -2.48. The van der Waals surface area contributed by atoms with Gasteiger partial charge in [-0.05, 0) is 19.8 Å². The van der Waals surface area contributed by atoms with E-state index in [2.05, 4.69) is 23.3 Å². The SMILES string of the molecule is C=C(C)CN1CCN(C(=O)C#CC)CC1. The van der Waals surface area contributed by atoms with Gasteiger partial charge in [0.05, 0.1) is 0 Å². The van der Waals surface area contributed by atoms with E-state index >= 15 is 0 Å². The molecule has 1 amide bonds. The highest BCUT2D eigenvalue weighted by atomic mass is 16.2. The zero-order valence-corrected chi connectivity index (χ0v) is 9.55. The van der Waals surface area contributed by atoms with Crippen LogP contribution in [0, 0.1) is 11.8 Å². The van der Waals surface area contributed by atoms with E-state index in [1.54, 1.807) is 6.92 Å². The van der Waals surface area contributed by atoms with Crippen LogP contribution >= 0.6 is 0 Å². The van der Waals surface area contributed by atoms with Crippen LogP contribution in [0.1, 0.15) is 13.8 Å². The van der Waals surface area contributed by atoms with Crippen molar-refractivity contribution in [2.45, 2.75) is 13.8 Å². The van der Waals surface area contributed by atoms with Crippen molar-refractivity contribution in [1.82, 2.24) is 9.80 Å². The highest BCUT2D eigenvalue weighted by molar-refractivity contribution is 5.93. The zero-order chi connectivity index (χ0) is 11.3. The molecule has 1 heterocycles. The van der Waals surface area contributed by atoms with E-state index in [9.17, 15) is 4.79 Å². The quantitative estimate of drug-likeness (QED) is 0.491. The van der Waals surface area contributed by atoms with Crippen molar-refractivity contribution in [3.8, 4) is 11.8 Å². The Bertz CT molecular complexity index is 303. The van der Waals surface area contributed by atoms with Crippen LogP contribution in [0.25, 0.3) is 0 Å². The number of piperazine rings is 1. The lowest BCUT2D eigenvalue weighted by atomic mass is 10.2. The second-order valence-corrected chi connectivity index (χ2v) is 3.90. The molecule has 1 aliphatic heterocycles. The first kappa shape index (κ1) is 11.8. The van der Waals surface area contributed by atoms with Crippen LogP contribution in [0.2, 0.25) is 0 Å². The Balaban J connectivity index is 2.37. The van der Waals surface area contributed by atoms with Gasteiger partial charge >= 0.3 is 0 Å². The number of carbonyl (C=O) groups excluding carboxylic acids is 1. The van der Waals surface area contributed by atoms with Crippen molar-refractivity contribution in [2.75, 3.05) is 32.7 Å². The standard InChI is InChI=1S/C12H18N2O/c1-4-5-12(15)14-8-6-13(7-9-14)10-11(2)3/h2,6-10H2,1,3H3. The van der Waals surface area contributed by atoms with Gasteiger partial charge in [0.1, 0.15) is 0 Å². The maximum Gasteiger partial charge on any atom is 0.298 e. The molecule has 0 radical (unpaired) electrons. The van der Waals surface area contributed by atoms with Gasteiger partial charge < -0.3 is 4.90 Å². The predicted octanol–water partition coefficient (Wildman–Crippen LogP) is 0.730. The Morgan fingerprint density at radius 1 is 1.33 bits per heavy atom. The minimum atomic E-state index is -0.0486. The van der Waals surface area contributed by atoms with Crippen molar-refractivity contribution >= 4 is 5.91 Å². The molecule has 0 unspecified atom stereocenters. The van der Waals surface area contributed by atoms with Crippen LogP contribution in [-0.2, 0) is 4.79 Å². The fourth-order valence-electron chi connectivity index (χ4n) is 1.68. The van der Waals surface area contributed by atoms with Gasteiger partial charge in [0, 0.05) is 32.7 Å². The predicted molar refractivity (Wildman–Crippen MR) is 61.3 cm³/mol. The third kappa shape index (κ3) is 3.77. The van der Waals surface area contributed by atoms with E-state index < -0.39 is 0 Å². The minimum absolute atomic E-state index is 0.0486. The molecule has 0 N–H and O–H groups in total. The van der Waals surface area contributed by atoms with Gasteiger partial charge in [-0.3, -0.25) is 9.69 Å². The smallest absolute Gasteiger partial charge is 0.298 e. The normalized spacial score (nSPS) is 16.8. The summed E-state index contributed by atoms with van der Waals surface area (Å²) in [6.45, 7) is 11.9. The van der Waals surface area contributed by atoms with Crippen LogP contribution in [0.15, 0.2) is 12.2 Å². The van der Waals surface area contributed by atoms with Gasteiger partial charge in [0.25, 0.3) is 5.91 Å². The van der Waals surface area contributed by atoms with Crippen molar-refractivity contribution in [1.29, 1.82) is 0 Å². The lowest BCUT2D eigenvalue weighted by Gasteiger charge is -2.33. The van der Waals surface area contributed by atoms with E-state index in [0.717, 1.165) is 32.7 Å². The monoisotopic (exact) mass is 206 g/mol. The second kappa shape index (κ2) is 5.57. The number of nitrogens with zero attached hydrogens (tertiary/aromatic N) is 2. The molecule has 1 rings (SSSR count). The van der Waals surface area contributed by atoms with Gasteiger partial charge in [0.15, 0.2) is 0 Å². The first-order valence-electron chi connectivity index (χ1n) is 5.22. The molecule has 0 atom stereocenters. The molecule has 0 spiro atoms. The fraction of sp³-hybridized carbons (Fsp3) is 0.583. The van der Waals surface area contributed by atoms with E-state index in [1.165, 1.54) is 5.57 Å². The summed E-state index contributed by atoms with van der Waals surface area (Å²) in [5.41, 5.74) is 1.17. The average Bonchev–Trinajstić information content (AvgIpc) is 2.18. The van der Waals surface area contributed by atoms with Crippen molar-refractivity contribution in [3.05, 3.63) is 12.2 Å². The zero-order valence-electron chi connectivity index (χ0n) is 9.55. The van der Waals surface area contributed by atoms with Crippen LogP contribution in [0.4, 0.5) is 0 Å². The molecule has 1 aliphatic rings. The molecule has 0 bridgehead atoms. The highest BCUT2D eigenvalue weighted by Gasteiger charge is 2.19. The summed E-state index contributed by atoms with van der Waals surface area (Å²) < 4.78 is 0. The Kier molecular flexibility index (Phi) is 4.38. The van der Waals surface area contributed by atoms with Crippen molar-refractivity contribution in [2.24, 2.45) is 0 Å². The molecule has 82 valence electrons. The third-order valence-electron chi connectivity index (χ3n) is 2.38. The van der Waals surface area contributed by atoms with Gasteiger partial charge in [-0.2, -0.15) is 0 Å². The largest absolute Gasteiger partial charge is 0.329 e. The maximum absolute atomic E-state index is 11.4. The molecular weight excluding hydrogens is 188 g/mol. The molecule has 0 aromatic carbocycles. The summed E-state index contributed by atoms with van der Waals surface area (Å²) in [6.07, 6.45) is 0. The summed E-state index contributed by atoms with van der Waals surface area (Å²) in [4.78, 5) is 15.6. The maximum atomic E-state index is 11.4. The Morgan fingerprint density at radius 2 is 1.93 bits per heavy atom. The van der Waals surface area contributed by atoms with Crippen molar-refractivity contribution < 1.29 is 4.79 Å². The van der Waals surface area contributed by atoms with Gasteiger partial charge in [-0.1, -0.05) is 18.1 Å². The molecule has 1 saturated heterocycles. The van der Waals surface area contributed by atoms with Gasteiger partial charge in [-0.15, -0.1) is 0 Å². The first-order chi connectivity index (χ1) is 7.13. The molecule has 0 saturated carbocycles. The number of amides is 1. The van der Waals surface area contributed by atoms with E-state index in [1.807, 2.05) is 11.8 Å². The van der Waals surface area contributed by atoms with E-state index in [0.29, 0.717) is 0 Å². The van der Waals surface area contributed by atoms with Crippen molar-refractivity contribution in [3.63, 3.8) is 0 Å². The minimum Gasteiger partial charge on any atom is -0.329 e. The van der Waals surface area contributed by atoms with Crippen LogP contribution in [-0.4, -0.2) is 48.4 Å². The summed E-state index contributed by atoms with van der Waals surface area (Å²) in [6, 6.07) is 0. The summed E-state index contributed by atoms with van der Waals surface area (Å²) in [7, 11) is 0. The van der Waals surface area contributed by atoms with E-state index in [-0.39, 0.29) is 5.91 Å². The van der Waals surface area contributed by atoms with Crippen LogP contribution < -0.4 is 0 Å². The molecule has 0 aliphatic carbocycles. The van der Waals surface area contributed by atoms with Crippen LogP contribution in [0.5, 0.6) is 0 Å². The Labute approximate surface area is 91.7 Å². The highest BCUT2D eigenvalue weighted by Crippen LogP contribution is 2.03. The topological polar surface area (TPSA) is 23.6 Å². The van der Waals surface area contributed by atoms with Crippen LogP contribution in [0.3, 0.4) is 0 Å². The number of hydrogen-bond donors (Lipinski definition) is 0. The van der Waals surface area contributed by atoms with Gasteiger partial charge in [-0.25, -0.2) is 0 Å². The summed E-state index contributed by atoms with van der Waals surface area (Å²) in [5, 5.41) is 0. The lowest BCUT2D eigenvalue weighted by molar-refractivity contribution is -0.126. The molecule has 3 nitrogen and oxygen atoms in total. The number of carbonyl (C=O) groups is 1. The fourth-order valence-corrected chi connectivity index (χ4v) is 1.68. The number of hydrogen-bond acceptors (Lipinski definition) is 2. The molecule has 3 heteroatoms. The second-order valence-electron chi connectivity index (χ2n) is 3.90. The first-order valence-corrected chi connectivity index (χ1v) is 5.22. The van der Waals surface area contributed by atoms with Gasteiger partial charge in [0.2, 0.25) is 0 Å². The molecule has 15 heavy (non-hydrogen) atoms. The molecule has 1 fully saturated rings. The molecular formula is C12H18N2O. The number of rotatable bonds is 2. The summed E-state index contributed by atoms with van der Waals surface area (Å²) in [5.74, 6) is 5.16. The Morgan fingerprint density at radius 3 is 2.40 bits per heavy atom. The average molecular weight is 206 g/mol. The Hall–Kier alpha value is -1.27. The molecule has 0 aromatic heterocycles. The third-order valence-corrected chi connectivity index (χ3v) is 2.38. The van der Waals surface area contributed by atoms with E-state index in [4.69, 9.17) is 0 Å². The molecule has 0 aromatic rings.